The monoisotopic (exact) mass is 233 g/mol. The number of rotatable bonds is 2. The van der Waals surface area contributed by atoms with Crippen molar-refractivity contribution in [3.05, 3.63) is 28.6 Å². The van der Waals surface area contributed by atoms with Gasteiger partial charge in [-0.25, -0.2) is 4.39 Å². The summed E-state index contributed by atoms with van der Waals surface area (Å²) in [4.78, 5) is 0. The Labute approximate surface area is 102 Å². The van der Waals surface area contributed by atoms with Crippen molar-refractivity contribution in [1.82, 2.24) is 0 Å². The molecule has 2 atom stereocenters. The molecule has 2 aliphatic rings. The number of halogens is 1. The molecule has 0 saturated heterocycles. The summed E-state index contributed by atoms with van der Waals surface area (Å²) in [5.41, 5.74) is 10.2. The van der Waals surface area contributed by atoms with Crippen molar-refractivity contribution in [2.45, 2.75) is 45.4 Å². The first-order chi connectivity index (χ1) is 8.08. The summed E-state index contributed by atoms with van der Waals surface area (Å²) >= 11 is 0. The number of hydrogen-bond donors (Lipinski definition) is 1. The number of nitrogens with two attached hydrogens (primary N) is 1. The van der Waals surface area contributed by atoms with Crippen LogP contribution in [0.25, 0.3) is 0 Å². The minimum atomic E-state index is -0.0268. The van der Waals surface area contributed by atoms with Crippen molar-refractivity contribution >= 4 is 5.69 Å². The van der Waals surface area contributed by atoms with Crippen LogP contribution >= 0.6 is 0 Å². The molecule has 2 N–H and O–H groups in total. The van der Waals surface area contributed by atoms with Crippen LogP contribution in [0.2, 0.25) is 0 Å². The highest BCUT2D eigenvalue weighted by atomic mass is 19.1. The third kappa shape index (κ3) is 1.74. The van der Waals surface area contributed by atoms with Gasteiger partial charge in [0.15, 0.2) is 0 Å². The number of fused-ring (bicyclic) bond motifs is 1. The summed E-state index contributed by atoms with van der Waals surface area (Å²) < 4.78 is 14.1. The zero-order valence-electron chi connectivity index (χ0n) is 10.6. The molecule has 0 bridgehead atoms. The van der Waals surface area contributed by atoms with Crippen LogP contribution in [-0.4, -0.2) is 0 Å². The van der Waals surface area contributed by atoms with Gasteiger partial charge in [-0.2, -0.15) is 0 Å². The van der Waals surface area contributed by atoms with Gasteiger partial charge in [0.25, 0.3) is 0 Å². The summed E-state index contributed by atoms with van der Waals surface area (Å²) in [6.45, 7) is 4.36. The van der Waals surface area contributed by atoms with Gasteiger partial charge in [-0.3, -0.25) is 0 Å². The van der Waals surface area contributed by atoms with Gasteiger partial charge in [-0.05, 0) is 66.2 Å². The van der Waals surface area contributed by atoms with Gasteiger partial charge in [0.2, 0.25) is 0 Å². The SMILES string of the molecule is CC1Cc2c(F)cc([C@H](C)C3CC3)c(N)c2C1. The summed E-state index contributed by atoms with van der Waals surface area (Å²) in [5, 5.41) is 0. The number of nitrogen functional groups attached to an aromatic ring is 1. The molecule has 0 aromatic heterocycles. The molecular formula is C15H20FN. The molecule has 1 nitrogen and oxygen atoms in total. The molecule has 3 rings (SSSR count). The lowest BCUT2D eigenvalue weighted by atomic mass is 9.91. The van der Waals surface area contributed by atoms with E-state index < -0.39 is 0 Å². The van der Waals surface area contributed by atoms with E-state index in [1.807, 2.05) is 0 Å². The molecule has 0 amide bonds. The maximum atomic E-state index is 14.1. The molecule has 2 aliphatic carbocycles. The third-order valence-corrected chi connectivity index (χ3v) is 4.50. The van der Waals surface area contributed by atoms with Crippen LogP contribution < -0.4 is 5.73 Å². The Bertz CT molecular complexity index is 462. The Morgan fingerprint density at radius 3 is 2.59 bits per heavy atom. The van der Waals surface area contributed by atoms with Crippen LogP contribution in [0.1, 0.15) is 49.3 Å². The summed E-state index contributed by atoms with van der Waals surface area (Å²) in [6, 6.07) is 1.70. The van der Waals surface area contributed by atoms with Crippen molar-refractivity contribution in [1.29, 1.82) is 0 Å². The first-order valence-electron chi connectivity index (χ1n) is 6.67. The topological polar surface area (TPSA) is 26.0 Å². The lowest BCUT2D eigenvalue weighted by Gasteiger charge is -2.17. The van der Waals surface area contributed by atoms with Gasteiger partial charge in [0, 0.05) is 5.69 Å². The molecule has 0 radical (unpaired) electrons. The highest BCUT2D eigenvalue weighted by Gasteiger charge is 2.33. The summed E-state index contributed by atoms with van der Waals surface area (Å²) in [6.07, 6.45) is 4.35. The second kappa shape index (κ2) is 3.72. The number of benzene rings is 1. The lowest BCUT2D eigenvalue weighted by molar-refractivity contribution is 0.582. The zero-order valence-corrected chi connectivity index (χ0v) is 10.6. The largest absolute Gasteiger partial charge is 0.398 e. The fraction of sp³-hybridized carbons (Fsp3) is 0.600. The van der Waals surface area contributed by atoms with E-state index in [9.17, 15) is 4.39 Å². The third-order valence-electron chi connectivity index (χ3n) is 4.50. The number of anilines is 1. The van der Waals surface area contributed by atoms with Gasteiger partial charge in [-0.1, -0.05) is 13.8 Å². The Morgan fingerprint density at radius 1 is 1.29 bits per heavy atom. The first-order valence-corrected chi connectivity index (χ1v) is 6.67. The van der Waals surface area contributed by atoms with E-state index in [1.54, 1.807) is 6.07 Å². The molecule has 1 fully saturated rings. The van der Waals surface area contributed by atoms with Crippen molar-refractivity contribution < 1.29 is 4.39 Å². The maximum absolute atomic E-state index is 14.1. The molecule has 1 aromatic carbocycles. The molecule has 1 aromatic rings. The van der Waals surface area contributed by atoms with Crippen molar-refractivity contribution in [2.24, 2.45) is 11.8 Å². The predicted molar refractivity (Wildman–Crippen MR) is 68.5 cm³/mol. The van der Waals surface area contributed by atoms with E-state index >= 15 is 0 Å². The molecule has 0 spiro atoms. The van der Waals surface area contributed by atoms with E-state index in [-0.39, 0.29) is 5.82 Å². The van der Waals surface area contributed by atoms with Crippen LogP contribution in [0.5, 0.6) is 0 Å². The standard InChI is InChI=1S/C15H20FN/c1-8-5-12-13(6-8)15(17)11(7-14(12)16)9(2)10-3-4-10/h7-10H,3-6,17H2,1-2H3/t8?,9-/m1/s1. The van der Waals surface area contributed by atoms with Gasteiger partial charge in [0.1, 0.15) is 5.82 Å². The molecule has 92 valence electrons. The van der Waals surface area contributed by atoms with Gasteiger partial charge >= 0.3 is 0 Å². The highest BCUT2D eigenvalue weighted by Crippen LogP contribution is 2.46. The van der Waals surface area contributed by atoms with Crippen molar-refractivity contribution in [3.8, 4) is 0 Å². The van der Waals surface area contributed by atoms with Crippen molar-refractivity contribution in [3.63, 3.8) is 0 Å². The van der Waals surface area contributed by atoms with Crippen LogP contribution in [0, 0.1) is 17.7 Å². The molecule has 0 heterocycles. The second-order valence-corrected chi connectivity index (χ2v) is 5.96. The summed E-state index contributed by atoms with van der Waals surface area (Å²) in [5.74, 6) is 1.66. The van der Waals surface area contributed by atoms with E-state index in [4.69, 9.17) is 5.73 Å². The Kier molecular flexibility index (Phi) is 2.42. The van der Waals surface area contributed by atoms with E-state index in [2.05, 4.69) is 13.8 Å². The molecule has 0 aliphatic heterocycles. The predicted octanol–water partition coefficient (Wildman–Crippen LogP) is 3.66. The smallest absolute Gasteiger partial charge is 0.127 e. The van der Waals surface area contributed by atoms with Crippen LogP contribution in [-0.2, 0) is 12.8 Å². The number of hydrogen-bond acceptors (Lipinski definition) is 1. The molecule has 17 heavy (non-hydrogen) atoms. The molecule has 1 unspecified atom stereocenters. The van der Waals surface area contributed by atoms with Gasteiger partial charge in [0.05, 0.1) is 0 Å². The van der Waals surface area contributed by atoms with Crippen LogP contribution in [0.15, 0.2) is 6.07 Å². The van der Waals surface area contributed by atoms with E-state index in [0.29, 0.717) is 11.8 Å². The van der Waals surface area contributed by atoms with Gasteiger partial charge in [-0.15, -0.1) is 0 Å². The normalized spacial score (nSPS) is 24.8. The van der Waals surface area contributed by atoms with E-state index in [0.717, 1.165) is 41.1 Å². The first kappa shape index (κ1) is 11.1. The van der Waals surface area contributed by atoms with Crippen LogP contribution in [0.4, 0.5) is 10.1 Å². The minimum Gasteiger partial charge on any atom is -0.398 e. The molecule has 2 heteroatoms. The second-order valence-electron chi connectivity index (χ2n) is 5.96. The average Bonchev–Trinajstić information content (AvgIpc) is 3.05. The quantitative estimate of drug-likeness (QED) is 0.775. The minimum absolute atomic E-state index is 0.0268. The molecule has 1 saturated carbocycles. The van der Waals surface area contributed by atoms with E-state index in [1.165, 1.54) is 12.8 Å². The lowest BCUT2D eigenvalue weighted by Crippen LogP contribution is -2.06. The van der Waals surface area contributed by atoms with Crippen molar-refractivity contribution in [2.75, 3.05) is 5.73 Å². The highest BCUT2D eigenvalue weighted by molar-refractivity contribution is 5.60. The fourth-order valence-corrected chi connectivity index (χ4v) is 3.23. The maximum Gasteiger partial charge on any atom is 0.127 e. The Hall–Kier alpha value is -1.05. The Morgan fingerprint density at radius 2 is 1.94 bits per heavy atom. The Balaban J connectivity index is 2.06. The zero-order chi connectivity index (χ0) is 12.2. The average molecular weight is 233 g/mol. The van der Waals surface area contributed by atoms with Crippen LogP contribution in [0.3, 0.4) is 0 Å². The van der Waals surface area contributed by atoms with Gasteiger partial charge < -0.3 is 5.73 Å². The summed E-state index contributed by atoms with van der Waals surface area (Å²) in [7, 11) is 0. The molecular weight excluding hydrogens is 213 g/mol. The fourth-order valence-electron chi connectivity index (χ4n) is 3.23.